The molecule has 2 saturated carbocycles. The van der Waals surface area contributed by atoms with Gasteiger partial charge in [0.1, 0.15) is 0 Å². The van der Waals surface area contributed by atoms with Crippen molar-refractivity contribution in [3.8, 4) is 0 Å². The van der Waals surface area contributed by atoms with Crippen molar-refractivity contribution in [1.29, 1.82) is 0 Å². The predicted molar refractivity (Wildman–Crippen MR) is 72.2 cm³/mol. The summed E-state index contributed by atoms with van der Waals surface area (Å²) in [7, 11) is 0. The summed E-state index contributed by atoms with van der Waals surface area (Å²) in [6, 6.07) is 4.33. The van der Waals surface area contributed by atoms with E-state index in [0.29, 0.717) is 11.8 Å². The quantitative estimate of drug-likeness (QED) is 0.802. The van der Waals surface area contributed by atoms with E-state index in [1.807, 2.05) is 0 Å². The lowest BCUT2D eigenvalue weighted by molar-refractivity contribution is -0.00952. The smallest absolute Gasteiger partial charge is 0.0972 e. The van der Waals surface area contributed by atoms with E-state index >= 15 is 0 Å². The van der Waals surface area contributed by atoms with Crippen molar-refractivity contribution in [3.63, 3.8) is 0 Å². The highest BCUT2D eigenvalue weighted by molar-refractivity contribution is 5.61. The highest BCUT2D eigenvalue weighted by atomic mass is 16.3. The van der Waals surface area contributed by atoms with E-state index in [2.05, 4.69) is 12.1 Å². The van der Waals surface area contributed by atoms with Crippen LogP contribution in [0.3, 0.4) is 0 Å². The topological polar surface area (TPSA) is 46.2 Å². The summed E-state index contributed by atoms with van der Waals surface area (Å²) in [5.41, 5.74) is 10.5. The molecule has 2 fully saturated rings. The molecule has 0 atom stereocenters. The summed E-state index contributed by atoms with van der Waals surface area (Å²) in [6.07, 6.45) is 8.15. The van der Waals surface area contributed by atoms with Gasteiger partial charge in [-0.2, -0.15) is 0 Å². The molecule has 0 bridgehead atoms. The Morgan fingerprint density at radius 1 is 1.06 bits per heavy atom. The monoisotopic (exact) mass is 243 g/mol. The van der Waals surface area contributed by atoms with E-state index in [9.17, 15) is 5.11 Å². The van der Waals surface area contributed by atoms with Gasteiger partial charge in [0.25, 0.3) is 0 Å². The van der Waals surface area contributed by atoms with E-state index < -0.39 is 5.60 Å². The van der Waals surface area contributed by atoms with Gasteiger partial charge in [-0.15, -0.1) is 0 Å². The van der Waals surface area contributed by atoms with Gasteiger partial charge >= 0.3 is 0 Å². The van der Waals surface area contributed by atoms with Crippen molar-refractivity contribution in [1.82, 2.24) is 0 Å². The van der Waals surface area contributed by atoms with Gasteiger partial charge in [0.2, 0.25) is 0 Å². The molecule has 18 heavy (non-hydrogen) atoms. The van der Waals surface area contributed by atoms with Crippen LogP contribution in [-0.4, -0.2) is 5.11 Å². The zero-order chi connectivity index (χ0) is 12.3. The van der Waals surface area contributed by atoms with Crippen LogP contribution in [0.5, 0.6) is 0 Å². The Kier molecular flexibility index (Phi) is 2.12. The Bertz CT molecular complexity index is 488. The second-order valence-electron chi connectivity index (χ2n) is 6.39. The van der Waals surface area contributed by atoms with Crippen LogP contribution >= 0.6 is 0 Å². The summed E-state index contributed by atoms with van der Waals surface area (Å²) in [5, 5.41) is 11.2. The zero-order valence-corrected chi connectivity index (χ0v) is 10.8. The van der Waals surface area contributed by atoms with Crippen LogP contribution in [0, 0.1) is 11.8 Å². The summed E-state index contributed by atoms with van der Waals surface area (Å²) in [6.45, 7) is 0. The number of hydrogen-bond donors (Lipinski definition) is 2. The molecular formula is C16H21NO. The molecule has 0 aliphatic heterocycles. The van der Waals surface area contributed by atoms with E-state index in [1.54, 1.807) is 0 Å². The van der Waals surface area contributed by atoms with Crippen molar-refractivity contribution in [2.45, 2.75) is 50.5 Å². The maximum absolute atomic E-state index is 11.2. The molecule has 96 valence electrons. The van der Waals surface area contributed by atoms with E-state index in [1.165, 1.54) is 43.2 Å². The van der Waals surface area contributed by atoms with Gasteiger partial charge < -0.3 is 10.8 Å². The van der Waals surface area contributed by atoms with Crippen molar-refractivity contribution in [2.75, 3.05) is 5.73 Å². The Hall–Kier alpha value is -1.02. The van der Waals surface area contributed by atoms with Crippen LogP contribution in [0.2, 0.25) is 0 Å². The number of benzene rings is 1. The second kappa shape index (κ2) is 3.51. The minimum Gasteiger partial charge on any atom is -0.398 e. The minimum atomic E-state index is -0.609. The predicted octanol–water partition coefficient (Wildman–Crippen LogP) is 2.77. The molecule has 4 rings (SSSR count). The molecule has 3 aliphatic rings. The van der Waals surface area contributed by atoms with Crippen LogP contribution in [0.25, 0.3) is 0 Å². The van der Waals surface area contributed by atoms with Gasteiger partial charge in [-0.3, -0.25) is 0 Å². The van der Waals surface area contributed by atoms with Crippen LogP contribution in [0.1, 0.15) is 48.8 Å². The Morgan fingerprint density at radius 3 is 2.33 bits per heavy atom. The zero-order valence-electron chi connectivity index (χ0n) is 10.8. The number of aryl methyl sites for hydroxylation is 1. The van der Waals surface area contributed by atoms with Crippen molar-refractivity contribution >= 4 is 5.69 Å². The lowest BCUT2D eigenvalue weighted by Gasteiger charge is -2.31. The third-order valence-corrected chi connectivity index (χ3v) is 5.16. The van der Waals surface area contributed by atoms with E-state index in [0.717, 1.165) is 24.1 Å². The van der Waals surface area contributed by atoms with Gasteiger partial charge in [-0.05, 0) is 67.9 Å². The molecule has 3 N–H and O–H groups in total. The Labute approximate surface area is 108 Å². The first-order chi connectivity index (χ1) is 8.71. The standard InChI is InChI=1S/C16H21NO/c17-15-13-3-1-2-10(13)4-9-14(15)16(18,11-5-6-11)12-7-8-12/h4,9,11-12,18H,1-3,5-8,17H2. The molecule has 0 radical (unpaired) electrons. The summed E-state index contributed by atoms with van der Waals surface area (Å²) < 4.78 is 0. The Balaban J connectivity index is 1.84. The van der Waals surface area contributed by atoms with E-state index in [4.69, 9.17) is 5.73 Å². The van der Waals surface area contributed by atoms with Gasteiger partial charge in [-0.25, -0.2) is 0 Å². The lowest BCUT2D eigenvalue weighted by atomic mass is 9.81. The third kappa shape index (κ3) is 1.38. The first-order valence-electron chi connectivity index (χ1n) is 7.34. The van der Waals surface area contributed by atoms with Crippen molar-refractivity contribution in [3.05, 3.63) is 28.8 Å². The van der Waals surface area contributed by atoms with Gasteiger partial charge in [0, 0.05) is 11.3 Å². The van der Waals surface area contributed by atoms with Crippen LogP contribution in [0.4, 0.5) is 5.69 Å². The highest BCUT2D eigenvalue weighted by Gasteiger charge is 2.55. The van der Waals surface area contributed by atoms with Gasteiger partial charge in [0.15, 0.2) is 0 Å². The molecule has 0 saturated heterocycles. The number of anilines is 1. The number of nitrogen functional groups attached to an aromatic ring is 1. The molecule has 0 amide bonds. The lowest BCUT2D eigenvalue weighted by Crippen LogP contribution is -2.32. The van der Waals surface area contributed by atoms with Gasteiger partial charge in [0.05, 0.1) is 5.60 Å². The maximum Gasteiger partial charge on any atom is 0.0972 e. The largest absolute Gasteiger partial charge is 0.398 e. The van der Waals surface area contributed by atoms with Crippen LogP contribution in [-0.2, 0) is 18.4 Å². The molecule has 0 unspecified atom stereocenters. The summed E-state index contributed by atoms with van der Waals surface area (Å²) in [4.78, 5) is 0. The molecule has 1 aromatic carbocycles. The van der Waals surface area contributed by atoms with Crippen LogP contribution in [0.15, 0.2) is 12.1 Å². The SMILES string of the molecule is Nc1c(C(O)(C2CC2)C2CC2)ccc2c1CCC2. The van der Waals surface area contributed by atoms with Crippen molar-refractivity contribution < 1.29 is 5.11 Å². The molecule has 0 spiro atoms. The summed E-state index contributed by atoms with van der Waals surface area (Å²) >= 11 is 0. The first kappa shape index (κ1) is 10.9. The fourth-order valence-electron chi connectivity index (χ4n) is 3.86. The van der Waals surface area contributed by atoms with Crippen LogP contribution < -0.4 is 5.73 Å². The third-order valence-electron chi connectivity index (χ3n) is 5.16. The minimum absolute atomic E-state index is 0.465. The maximum atomic E-state index is 11.2. The van der Waals surface area contributed by atoms with Gasteiger partial charge in [-0.1, -0.05) is 12.1 Å². The fraction of sp³-hybridized carbons (Fsp3) is 0.625. The molecule has 2 heteroatoms. The molecule has 1 aromatic rings. The number of hydrogen-bond acceptors (Lipinski definition) is 2. The number of nitrogens with two attached hydrogens (primary N) is 1. The molecule has 2 nitrogen and oxygen atoms in total. The average Bonchev–Trinajstić information content (AvgIpc) is 3.25. The Morgan fingerprint density at radius 2 is 1.72 bits per heavy atom. The molecular weight excluding hydrogens is 222 g/mol. The molecule has 3 aliphatic carbocycles. The molecule has 0 heterocycles. The normalized spacial score (nSPS) is 23.2. The second-order valence-corrected chi connectivity index (χ2v) is 6.39. The highest BCUT2D eigenvalue weighted by Crippen LogP contribution is 2.58. The van der Waals surface area contributed by atoms with Crippen molar-refractivity contribution in [2.24, 2.45) is 11.8 Å². The first-order valence-corrected chi connectivity index (χ1v) is 7.34. The average molecular weight is 243 g/mol. The fourth-order valence-corrected chi connectivity index (χ4v) is 3.86. The molecule has 0 aromatic heterocycles. The number of fused-ring (bicyclic) bond motifs is 1. The van der Waals surface area contributed by atoms with E-state index in [-0.39, 0.29) is 0 Å². The summed E-state index contributed by atoms with van der Waals surface area (Å²) in [5.74, 6) is 0.929. The number of rotatable bonds is 3. The number of aliphatic hydroxyl groups is 1.